The second-order valence-corrected chi connectivity index (χ2v) is 10.6. The van der Waals surface area contributed by atoms with Gasteiger partial charge in [-0.2, -0.15) is 5.26 Å². The van der Waals surface area contributed by atoms with Crippen molar-refractivity contribution in [2.45, 2.75) is 111 Å². The van der Waals surface area contributed by atoms with Crippen LogP contribution in [0.1, 0.15) is 92.9 Å². The zero-order valence-corrected chi connectivity index (χ0v) is 21.9. The predicted octanol–water partition coefficient (Wildman–Crippen LogP) is 5.19. The fourth-order valence-corrected chi connectivity index (χ4v) is 3.62. The molecule has 0 saturated heterocycles. The van der Waals surface area contributed by atoms with Crippen LogP contribution >= 0.6 is 0 Å². The molecule has 0 heterocycles. The van der Waals surface area contributed by atoms with Crippen LogP contribution in [-0.4, -0.2) is 50.0 Å². The number of nitriles is 1. The van der Waals surface area contributed by atoms with E-state index in [9.17, 15) is 9.59 Å². The summed E-state index contributed by atoms with van der Waals surface area (Å²) in [5, 5.41) is 9.02. The van der Waals surface area contributed by atoms with E-state index in [1.54, 1.807) is 27.7 Å². The highest BCUT2D eigenvalue weighted by molar-refractivity contribution is 5.69. The van der Waals surface area contributed by atoms with Crippen LogP contribution in [0.25, 0.3) is 0 Å². The summed E-state index contributed by atoms with van der Waals surface area (Å²) in [5.41, 5.74) is -0.870. The van der Waals surface area contributed by atoms with Gasteiger partial charge in [0.1, 0.15) is 0 Å². The van der Waals surface area contributed by atoms with E-state index in [4.69, 9.17) is 24.2 Å². The van der Waals surface area contributed by atoms with E-state index in [-0.39, 0.29) is 30.3 Å². The molecule has 0 N–H and O–H groups in total. The molecule has 8 heteroatoms. The van der Waals surface area contributed by atoms with Crippen molar-refractivity contribution in [1.82, 2.24) is 0 Å². The Balaban J connectivity index is 2.18. The molecule has 1 aliphatic carbocycles. The number of hydrogen-bond donors (Lipinski definition) is 0. The third kappa shape index (κ3) is 13.0. The zero-order chi connectivity index (χ0) is 25.8. The molecule has 1 aliphatic rings. The molecule has 1 saturated carbocycles. The minimum Gasteiger partial charge on any atom is -0.436 e. The molecular formula is C26H44N2O6. The smallest absolute Gasteiger partial charge is 0.308 e. The predicted molar refractivity (Wildman–Crippen MR) is 130 cm³/mol. The topological polar surface area (TPSA) is 107 Å². The third-order valence-electron chi connectivity index (χ3n) is 6.32. The van der Waals surface area contributed by atoms with Crippen molar-refractivity contribution in [3.05, 3.63) is 0 Å². The van der Waals surface area contributed by atoms with Crippen LogP contribution in [0, 0.1) is 28.6 Å². The van der Waals surface area contributed by atoms with Crippen molar-refractivity contribution in [3.8, 4) is 6.07 Å². The van der Waals surface area contributed by atoms with Crippen LogP contribution in [-0.2, 0) is 28.5 Å². The van der Waals surface area contributed by atoms with E-state index in [1.807, 2.05) is 13.8 Å². The van der Waals surface area contributed by atoms with Crippen molar-refractivity contribution in [1.29, 1.82) is 5.26 Å². The Morgan fingerprint density at radius 3 is 1.71 bits per heavy atom. The van der Waals surface area contributed by atoms with Gasteiger partial charge in [-0.25, -0.2) is 0 Å². The van der Waals surface area contributed by atoms with Crippen molar-refractivity contribution >= 4 is 18.7 Å². The van der Waals surface area contributed by atoms with Crippen LogP contribution < -0.4 is 0 Å². The first-order chi connectivity index (χ1) is 15.9. The molecule has 34 heavy (non-hydrogen) atoms. The molecule has 0 aromatic carbocycles. The molecule has 0 spiro atoms. The van der Waals surface area contributed by atoms with Gasteiger partial charge in [-0.3, -0.25) is 14.6 Å². The number of esters is 2. The highest BCUT2D eigenvalue weighted by atomic mass is 16.7. The Bertz CT molecular complexity index is 692. The average molecular weight is 481 g/mol. The molecule has 0 radical (unpaired) electrons. The van der Waals surface area contributed by atoms with Crippen molar-refractivity contribution in [3.63, 3.8) is 0 Å². The maximum absolute atomic E-state index is 12.0. The van der Waals surface area contributed by atoms with Gasteiger partial charge < -0.3 is 18.9 Å². The van der Waals surface area contributed by atoms with E-state index >= 15 is 0 Å². The molecular weight excluding hydrogens is 436 g/mol. The molecule has 0 aliphatic heterocycles. The standard InChI is InChI=1S/C26H44N2O6/c1-19(33-23(29)12-14-25(3,4)18-27)31-16-21-8-10-22(11-9-21)17-32-20(2)34-24(30)13-15-26(5,6)28-7/h19-22H,7-17H2,1-6H3. The lowest BCUT2D eigenvalue weighted by Gasteiger charge is -2.29. The molecule has 1 rings (SSSR count). The highest BCUT2D eigenvalue weighted by Crippen LogP contribution is 2.30. The largest absolute Gasteiger partial charge is 0.436 e. The lowest BCUT2D eigenvalue weighted by Crippen LogP contribution is -2.27. The van der Waals surface area contributed by atoms with Gasteiger partial charge >= 0.3 is 11.9 Å². The van der Waals surface area contributed by atoms with E-state index in [0.29, 0.717) is 37.9 Å². The molecule has 0 amide bonds. The van der Waals surface area contributed by atoms with Crippen molar-refractivity contribution in [2.75, 3.05) is 13.2 Å². The molecule has 2 atom stereocenters. The number of aliphatic imine (C=N–C) groups is 1. The lowest BCUT2D eigenvalue weighted by molar-refractivity contribution is -0.181. The van der Waals surface area contributed by atoms with Gasteiger partial charge in [0.15, 0.2) is 12.6 Å². The van der Waals surface area contributed by atoms with E-state index < -0.39 is 18.0 Å². The normalized spacial score (nSPS) is 20.6. The van der Waals surface area contributed by atoms with E-state index in [1.165, 1.54) is 0 Å². The second kappa shape index (κ2) is 14.4. The van der Waals surface area contributed by atoms with Crippen LogP contribution in [0.15, 0.2) is 4.99 Å². The van der Waals surface area contributed by atoms with E-state index in [2.05, 4.69) is 17.8 Å². The summed E-state index contributed by atoms with van der Waals surface area (Å²) in [6.45, 7) is 15.6. The minimum atomic E-state index is -0.595. The van der Waals surface area contributed by atoms with Gasteiger partial charge in [-0.05, 0) is 98.6 Å². The second-order valence-electron chi connectivity index (χ2n) is 10.6. The molecule has 1 fully saturated rings. The number of rotatable bonds is 15. The van der Waals surface area contributed by atoms with Gasteiger partial charge in [0.05, 0.1) is 30.2 Å². The molecule has 194 valence electrons. The number of carbonyl (C=O) groups excluding carboxylic acids is 2. The Labute approximate surface area is 205 Å². The minimum absolute atomic E-state index is 0.205. The molecule has 2 unspecified atom stereocenters. The summed E-state index contributed by atoms with van der Waals surface area (Å²) in [6.07, 6.45) is 4.45. The summed E-state index contributed by atoms with van der Waals surface area (Å²) in [4.78, 5) is 27.9. The Morgan fingerprint density at radius 1 is 0.912 bits per heavy atom. The van der Waals surface area contributed by atoms with E-state index in [0.717, 1.165) is 25.7 Å². The number of carbonyl (C=O) groups is 2. The molecule has 0 aromatic heterocycles. The quantitative estimate of drug-likeness (QED) is 0.180. The summed E-state index contributed by atoms with van der Waals surface area (Å²) in [6, 6.07) is 2.18. The number of ether oxygens (including phenoxy) is 4. The molecule has 0 aromatic rings. The van der Waals surface area contributed by atoms with Crippen LogP contribution in [0.3, 0.4) is 0 Å². The van der Waals surface area contributed by atoms with Gasteiger partial charge in [0.2, 0.25) is 0 Å². The fourth-order valence-electron chi connectivity index (χ4n) is 3.62. The van der Waals surface area contributed by atoms with Crippen LogP contribution in [0.2, 0.25) is 0 Å². The first-order valence-electron chi connectivity index (χ1n) is 12.4. The number of nitrogens with zero attached hydrogens (tertiary/aromatic N) is 2. The summed E-state index contributed by atoms with van der Waals surface area (Å²) in [7, 11) is 0. The van der Waals surface area contributed by atoms with Crippen LogP contribution in [0.4, 0.5) is 0 Å². The Kier molecular flexibility index (Phi) is 12.8. The van der Waals surface area contributed by atoms with Crippen LogP contribution in [0.5, 0.6) is 0 Å². The maximum atomic E-state index is 12.0. The fraction of sp³-hybridized carbons (Fsp3) is 0.846. The summed E-state index contributed by atoms with van der Waals surface area (Å²) in [5.74, 6) is 0.230. The lowest BCUT2D eigenvalue weighted by atomic mass is 9.83. The monoisotopic (exact) mass is 480 g/mol. The maximum Gasteiger partial charge on any atom is 0.308 e. The van der Waals surface area contributed by atoms with Crippen molar-refractivity contribution in [2.24, 2.45) is 22.2 Å². The highest BCUT2D eigenvalue weighted by Gasteiger charge is 2.25. The molecule has 0 bridgehead atoms. The summed E-state index contributed by atoms with van der Waals surface area (Å²) < 4.78 is 22.1. The van der Waals surface area contributed by atoms with Crippen molar-refractivity contribution < 1.29 is 28.5 Å². The third-order valence-corrected chi connectivity index (χ3v) is 6.32. The van der Waals surface area contributed by atoms with Gasteiger partial charge in [0, 0.05) is 12.8 Å². The summed E-state index contributed by atoms with van der Waals surface area (Å²) >= 11 is 0. The van der Waals surface area contributed by atoms with Gasteiger partial charge in [-0.1, -0.05) is 0 Å². The first kappa shape index (κ1) is 30.1. The van der Waals surface area contributed by atoms with Gasteiger partial charge in [-0.15, -0.1) is 0 Å². The first-order valence-corrected chi connectivity index (χ1v) is 12.4. The Hall–Kier alpha value is -1.98. The Morgan fingerprint density at radius 2 is 1.32 bits per heavy atom. The molecule has 8 nitrogen and oxygen atoms in total. The van der Waals surface area contributed by atoms with Gasteiger partial charge in [0.25, 0.3) is 0 Å². The zero-order valence-electron chi connectivity index (χ0n) is 21.9. The SMILES string of the molecule is C=NC(C)(C)CCC(=O)OC(C)OCC1CCC(COC(C)OC(=O)CCC(C)(C)C#N)CC1. The number of hydrogen-bond acceptors (Lipinski definition) is 8. The average Bonchev–Trinajstić information content (AvgIpc) is 2.79.